The summed E-state index contributed by atoms with van der Waals surface area (Å²) in [6.45, 7) is 12.5. The molecule has 2 rings (SSSR count). The van der Waals surface area contributed by atoms with E-state index in [0.717, 1.165) is 32.7 Å². The first-order chi connectivity index (χ1) is 8.84. The summed E-state index contributed by atoms with van der Waals surface area (Å²) in [5.41, 5.74) is 6.74. The minimum absolute atomic E-state index is 0.0639. The van der Waals surface area contributed by atoms with Crippen molar-refractivity contribution in [2.45, 2.75) is 51.8 Å². The van der Waals surface area contributed by atoms with E-state index < -0.39 is 0 Å². The molecule has 0 bridgehead atoms. The number of ether oxygens (including phenoxy) is 2. The summed E-state index contributed by atoms with van der Waals surface area (Å²) >= 11 is 0. The molecule has 3 unspecified atom stereocenters. The molecule has 0 aromatic rings. The average Bonchev–Trinajstić information content (AvgIpc) is 2.81. The minimum Gasteiger partial charge on any atom is -0.383 e. The smallest absolute Gasteiger partial charge is 0.0691 e. The van der Waals surface area contributed by atoms with Gasteiger partial charge in [-0.05, 0) is 20.3 Å². The first-order valence-electron chi connectivity index (χ1n) is 7.48. The molecule has 0 radical (unpaired) electrons. The Morgan fingerprint density at radius 3 is 2.68 bits per heavy atom. The molecule has 0 amide bonds. The van der Waals surface area contributed by atoms with Gasteiger partial charge in [0.2, 0.25) is 0 Å². The molecule has 2 fully saturated rings. The summed E-state index contributed by atoms with van der Waals surface area (Å²) in [6.07, 6.45) is 1.47. The Labute approximate surface area is 117 Å². The van der Waals surface area contributed by atoms with Gasteiger partial charge < -0.3 is 15.2 Å². The first-order valence-corrected chi connectivity index (χ1v) is 7.48. The van der Waals surface area contributed by atoms with Crippen LogP contribution in [-0.2, 0) is 9.47 Å². The fourth-order valence-corrected chi connectivity index (χ4v) is 3.86. The molecule has 112 valence electrons. The van der Waals surface area contributed by atoms with E-state index in [1.54, 1.807) is 7.11 Å². The van der Waals surface area contributed by atoms with E-state index >= 15 is 0 Å². The van der Waals surface area contributed by atoms with Gasteiger partial charge in [0.05, 0.1) is 12.7 Å². The molecule has 3 atom stereocenters. The van der Waals surface area contributed by atoms with Crippen LogP contribution in [0.15, 0.2) is 0 Å². The molecule has 2 N–H and O–H groups in total. The summed E-state index contributed by atoms with van der Waals surface area (Å²) in [6, 6.07) is 0.493. The third kappa shape index (κ3) is 2.33. The van der Waals surface area contributed by atoms with Crippen LogP contribution >= 0.6 is 0 Å². The van der Waals surface area contributed by atoms with E-state index in [4.69, 9.17) is 15.2 Å². The van der Waals surface area contributed by atoms with E-state index in [0.29, 0.717) is 18.1 Å². The molecule has 0 aromatic carbocycles. The van der Waals surface area contributed by atoms with E-state index in [1.807, 2.05) is 0 Å². The molecular weight excluding hydrogens is 240 g/mol. The number of fused-ring (bicyclic) bond motifs is 1. The molecule has 4 heteroatoms. The van der Waals surface area contributed by atoms with Gasteiger partial charge in [-0.25, -0.2) is 0 Å². The molecule has 1 saturated carbocycles. The predicted octanol–water partition coefficient (Wildman–Crippen LogP) is 1.49. The second-order valence-corrected chi connectivity index (χ2v) is 7.01. The van der Waals surface area contributed by atoms with Gasteiger partial charge in [0.25, 0.3) is 0 Å². The van der Waals surface area contributed by atoms with Crippen molar-refractivity contribution < 1.29 is 9.47 Å². The Morgan fingerprint density at radius 2 is 2.11 bits per heavy atom. The Balaban J connectivity index is 2.07. The van der Waals surface area contributed by atoms with Crippen molar-refractivity contribution in [2.75, 3.05) is 33.4 Å². The normalized spacial score (nSPS) is 36.6. The highest BCUT2D eigenvalue weighted by molar-refractivity contribution is 5.21. The molecule has 2 aliphatic rings. The lowest BCUT2D eigenvalue weighted by Gasteiger charge is -2.63. The Kier molecular flexibility index (Phi) is 4.26. The Morgan fingerprint density at radius 1 is 1.42 bits per heavy atom. The number of methoxy groups -OCH3 is 1. The Hall–Kier alpha value is -0.160. The fraction of sp³-hybridized carbons (Fsp3) is 1.00. The molecule has 1 heterocycles. The van der Waals surface area contributed by atoms with E-state index in [9.17, 15) is 0 Å². The maximum atomic E-state index is 6.81. The maximum absolute atomic E-state index is 6.81. The summed E-state index contributed by atoms with van der Waals surface area (Å²) < 4.78 is 11.1. The van der Waals surface area contributed by atoms with Gasteiger partial charge in [0, 0.05) is 49.7 Å². The van der Waals surface area contributed by atoms with Crippen molar-refractivity contribution in [3.63, 3.8) is 0 Å². The maximum Gasteiger partial charge on any atom is 0.0691 e. The molecule has 1 aliphatic carbocycles. The van der Waals surface area contributed by atoms with Gasteiger partial charge >= 0.3 is 0 Å². The second kappa shape index (κ2) is 5.32. The third-order valence-electron chi connectivity index (χ3n) is 5.44. The quantitative estimate of drug-likeness (QED) is 0.794. The van der Waals surface area contributed by atoms with Crippen LogP contribution < -0.4 is 5.73 Å². The van der Waals surface area contributed by atoms with E-state index in [1.165, 1.54) is 0 Å². The minimum atomic E-state index is -0.133. The van der Waals surface area contributed by atoms with Crippen molar-refractivity contribution in [3.8, 4) is 0 Å². The summed E-state index contributed by atoms with van der Waals surface area (Å²) in [7, 11) is 1.75. The molecule has 19 heavy (non-hydrogen) atoms. The molecule has 1 aliphatic heterocycles. The monoisotopic (exact) mass is 270 g/mol. The molecule has 0 aromatic heterocycles. The van der Waals surface area contributed by atoms with Crippen LogP contribution in [0.4, 0.5) is 0 Å². The van der Waals surface area contributed by atoms with Crippen LogP contribution in [0.5, 0.6) is 0 Å². The highest BCUT2D eigenvalue weighted by atomic mass is 16.5. The molecule has 0 spiro atoms. The fourth-order valence-electron chi connectivity index (χ4n) is 3.86. The van der Waals surface area contributed by atoms with Gasteiger partial charge in [-0.15, -0.1) is 0 Å². The van der Waals surface area contributed by atoms with Crippen LogP contribution in [0.3, 0.4) is 0 Å². The lowest BCUT2D eigenvalue weighted by Crippen LogP contribution is -2.78. The Bertz CT molecular complexity index is 319. The van der Waals surface area contributed by atoms with Crippen molar-refractivity contribution in [3.05, 3.63) is 0 Å². The van der Waals surface area contributed by atoms with Gasteiger partial charge in [-0.3, -0.25) is 4.90 Å². The molecule has 1 saturated heterocycles. The van der Waals surface area contributed by atoms with E-state index in [2.05, 4.69) is 32.6 Å². The van der Waals surface area contributed by atoms with Gasteiger partial charge in [-0.1, -0.05) is 13.8 Å². The zero-order chi connectivity index (χ0) is 14.3. The summed E-state index contributed by atoms with van der Waals surface area (Å²) in [5, 5.41) is 0. The summed E-state index contributed by atoms with van der Waals surface area (Å²) in [5.74, 6) is 0.520. The average molecular weight is 270 g/mol. The zero-order valence-corrected chi connectivity index (χ0v) is 13.1. The topological polar surface area (TPSA) is 47.7 Å². The summed E-state index contributed by atoms with van der Waals surface area (Å²) in [4.78, 5) is 2.44. The largest absolute Gasteiger partial charge is 0.383 e. The lowest BCUT2D eigenvalue weighted by molar-refractivity contribution is -0.165. The highest BCUT2D eigenvalue weighted by Gasteiger charge is 2.67. The van der Waals surface area contributed by atoms with Crippen molar-refractivity contribution in [1.29, 1.82) is 0 Å². The van der Waals surface area contributed by atoms with Crippen molar-refractivity contribution in [1.82, 2.24) is 4.90 Å². The third-order valence-corrected chi connectivity index (χ3v) is 5.44. The molecular formula is C15H30N2O2. The van der Waals surface area contributed by atoms with Gasteiger partial charge in [0.15, 0.2) is 0 Å². The highest BCUT2D eigenvalue weighted by Crippen LogP contribution is 2.58. The van der Waals surface area contributed by atoms with E-state index in [-0.39, 0.29) is 11.0 Å². The first kappa shape index (κ1) is 15.2. The number of hydrogen-bond acceptors (Lipinski definition) is 4. The zero-order valence-electron chi connectivity index (χ0n) is 13.1. The number of nitrogens with zero attached hydrogens (tertiary/aromatic N) is 1. The number of hydrogen-bond donors (Lipinski definition) is 1. The van der Waals surface area contributed by atoms with Gasteiger partial charge in [-0.2, -0.15) is 0 Å². The molecule has 4 nitrogen and oxygen atoms in total. The number of nitrogens with two attached hydrogens (primary N) is 1. The van der Waals surface area contributed by atoms with Crippen molar-refractivity contribution >= 4 is 0 Å². The van der Waals surface area contributed by atoms with Gasteiger partial charge in [0.1, 0.15) is 0 Å². The van der Waals surface area contributed by atoms with Crippen LogP contribution in [0.2, 0.25) is 0 Å². The second-order valence-electron chi connectivity index (χ2n) is 7.01. The van der Waals surface area contributed by atoms with Crippen LogP contribution in [0, 0.1) is 11.3 Å². The standard InChI is InChI=1S/C15H30N2O2/c1-11(2)17(7-9-18-5)10-15(16)12-6-8-19-13(12)14(15,3)4/h11-13H,6-10,16H2,1-5H3. The van der Waals surface area contributed by atoms with Crippen LogP contribution in [0.25, 0.3) is 0 Å². The SMILES string of the molecule is COCCN(CC1(N)C2CCOC2C1(C)C)C(C)C. The van der Waals surface area contributed by atoms with Crippen molar-refractivity contribution in [2.24, 2.45) is 17.1 Å². The lowest BCUT2D eigenvalue weighted by atomic mass is 9.48. The van der Waals surface area contributed by atoms with Crippen LogP contribution in [0.1, 0.15) is 34.1 Å². The predicted molar refractivity (Wildman–Crippen MR) is 77.1 cm³/mol. The van der Waals surface area contributed by atoms with Crippen LogP contribution in [-0.4, -0.2) is 56.0 Å². The number of rotatable bonds is 6.